The van der Waals surface area contributed by atoms with Crippen LogP contribution in [0.3, 0.4) is 0 Å². The van der Waals surface area contributed by atoms with Crippen molar-refractivity contribution in [3.63, 3.8) is 0 Å². The van der Waals surface area contributed by atoms with Gasteiger partial charge in [0.1, 0.15) is 11.3 Å². The zero-order valence-corrected chi connectivity index (χ0v) is 13.2. The molecular weight excluding hydrogens is 318 g/mol. The van der Waals surface area contributed by atoms with E-state index in [0.29, 0.717) is 16.5 Å². The molecule has 0 radical (unpaired) electrons. The van der Waals surface area contributed by atoms with Crippen LogP contribution in [-0.2, 0) is 10.0 Å². The highest BCUT2D eigenvalue weighted by atomic mass is 32.2. The quantitative estimate of drug-likeness (QED) is 0.787. The van der Waals surface area contributed by atoms with Crippen LogP contribution < -0.4 is 4.72 Å². The number of aryl methyl sites for hydroxylation is 2. The molecule has 0 aliphatic rings. The van der Waals surface area contributed by atoms with E-state index in [2.05, 4.69) is 14.9 Å². The molecule has 0 bridgehead atoms. The molecule has 0 fully saturated rings. The van der Waals surface area contributed by atoms with E-state index in [-0.39, 0.29) is 16.2 Å². The second-order valence-corrected chi connectivity index (χ2v) is 6.64. The van der Waals surface area contributed by atoms with Crippen LogP contribution in [0.15, 0.2) is 46.1 Å². The molecule has 118 valence electrons. The first kappa shape index (κ1) is 15.2. The Morgan fingerprint density at radius 1 is 1.22 bits per heavy atom. The van der Waals surface area contributed by atoms with E-state index >= 15 is 0 Å². The summed E-state index contributed by atoms with van der Waals surface area (Å²) in [6, 6.07) is 6.37. The average Bonchev–Trinajstić information content (AvgIpc) is 2.85. The molecule has 1 aromatic carbocycles. The van der Waals surface area contributed by atoms with Crippen LogP contribution in [0.1, 0.15) is 21.8 Å². The van der Waals surface area contributed by atoms with Gasteiger partial charge in [0, 0.05) is 23.2 Å². The highest BCUT2D eigenvalue weighted by molar-refractivity contribution is 7.90. The number of fused-ring (bicyclic) bond motifs is 1. The van der Waals surface area contributed by atoms with Gasteiger partial charge in [0.05, 0.1) is 10.6 Å². The number of carbonyl (C=O) groups excluding carboxylic acids is 1. The van der Waals surface area contributed by atoms with Crippen molar-refractivity contribution in [2.45, 2.75) is 18.7 Å². The maximum absolute atomic E-state index is 12.6. The summed E-state index contributed by atoms with van der Waals surface area (Å²) in [5.74, 6) is -0.510. The van der Waals surface area contributed by atoms with Gasteiger partial charge in [-0.3, -0.25) is 9.78 Å². The summed E-state index contributed by atoms with van der Waals surface area (Å²) in [7, 11) is -4.04. The zero-order valence-electron chi connectivity index (χ0n) is 12.4. The lowest BCUT2D eigenvalue weighted by Crippen LogP contribution is -2.31. The molecule has 7 nitrogen and oxygen atoms in total. The van der Waals surface area contributed by atoms with E-state index in [4.69, 9.17) is 4.52 Å². The molecule has 0 aliphatic heterocycles. The Labute approximate surface area is 132 Å². The monoisotopic (exact) mass is 331 g/mol. The fourth-order valence-electron chi connectivity index (χ4n) is 2.36. The summed E-state index contributed by atoms with van der Waals surface area (Å²) in [6.45, 7) is 3.12. The lowest BCUT2D eigenvalue weighted by Gasteiger charge is -2.09. The van der Waals surface area contributed by atoms with Crippen molar-refractivity contribution >= 4 is 26.7 Å². The van der Waals surface area contributed by atoms with Crippen molar-refractivity contribution in [2.75, 3.05) is 0 Å². The number of nitrogens with one attached hydrogen (secondary N) is 1. The molecule has 2 heterocycles. The third-order valence-electron chi connectivity index (χ3n) is 3.42. The van der Waals surface area contributed by atoms with Crippen LogP contribution in [0, 0.1) is 13.8 Å². The van der Waals surface area contributed by atoms with Gasteiger partial charge in [-0.1, -0.05) is 17.3 Å². The predicted octanol–water partition coefficient (Wildman–Crippen LogP) is 1.96. The predicted molar refractivity (Wildman–Crippen MR) is 82.4 cm³/mol. The number of benzene rings is 1. The molecular formula is C15H13N3O4S. The molecule has 3 aromatic rings. The van der Waals surface area contributed by atoms with Crippen molar-refractivity contribution < 1.29 is 17.7 Å². The lowest BCUT2D eigenvalue weighted by atomic mass is 10.2. The van der Waals surface area contributed by atoms with Crippen molar-refractivity contribution in [3.8, 4) is 0 Å². The van der Waals surface area contributed by atoms with Gasteiger partial charge in [-0.25, -0.2) is 13.1 Å². The number of rotatable bonds is 3. The van der Waals surface area contributed by atoms with Crippen molar-refractivity contribution in [2.24, 2.45) is 0 Å². The van der Waals surface area contributed by atoms with Crippen molar-refractivity contribution in [3.05, 3.63) is 53.7 Å². The number of hydrogen-bond donors (Lipinski definition) is 1. The van der Waals surface area contributed by atoms with E-state index in [1.807, 2.05) is 0 Å². The Hall–Kier alpha value is -2.74. The van der Waals surface area contributed by atoms with Gasteiger partial charge in [-0.05, 0) is 26.0 Å². The SMILES string of the molecule is Cc1noc(C)c1C(=O)NS(=O)(=O)c1cccc2cnccc12. The fourth-order valence-corrected chi connectivity index (χ4v) is 3.55. The third-order valence-corrected chi connectivity index (χ3v) is 4.81. The normalized spacial score (nSPS) is 11.6. The van der Waals surface area contributed by atoms with Gasteiger partial charge in [-0.15, -0.1) is 0 Å². The van der Waals surface area contributed by atoms with Crippen LogP contribution in [0.5, 0.6) is 0 Å². The molecule has 0 saturated carbocycles. The number of nitrogens with zero attached hydrogens (tertiary/aromatic N) is 2. The van der Waals surface area contributed by atoms with E-state index in [1.54, 1.807) is 38.2 Å². The minimum absolute atomic E-state index is 0.0116. The van der Waals surface area contributed by atoms with E-state index in [1.165, 1.54) is 12.3 Å². The molecule has 0 spiro atoms. The maximum atomic E-state index is 12.6. The Morgan fingerprint density at radius 2 is 2.00 bits per heavy atom. The molecule has 0 aliphatic carbocycles. The van der Waals surface area contributed by atoms with Crippen molar-refractivity contribution in [1.29, 1.82) is 0 Å². The van der Waals surface area contributed by atoms with Gasteiger partial charge < -0.3 is 4.52 Å². The number of aromatic nitrogens is 2. The fraction of sp³-hybridized carbons (Fsp3) is 0.133. The first-order valence-corrected chi connectivity index (χ1v) is 8.21. The van der Waals surface area contributed by atoms with E-state index in [0.717, 1.165) is 0 Å². The topological polar surface area (TPSA) is 102 Å². The standard InChI is InChI=1S/C15H13N3O4S/c1-9-14(10(2)22-17-9)15(19)18-23(20,21)13-5-3-4-11-8-16-7-6-12(11)13/h3-8H,1-2H3,(H,18,19). The van der Waals surface area contributed by atoms with E-state index < -0.39 is 15.9 Å². The van der Waals surface area contributed by atoms with Gasteiger partial charge in [0.15, 0.2) is 0 Å². The summed E-state index contributed by atoms with van der Waals surface area (Å²) in [4.78, 5) is 16.2. The lowest BCUT2D eigenvalue weighted by molar-refractivity contribution is 0.0979. The molecule has 0 saturated heterocycles. The minimum Gasteiger partial charge on any atom is -0.361 e. The van der Waals surface area contributed by atoms with Gasteiger partial charge in [0.25, 0.3) is 15.9 Å². The highest BCUT2D eigenvalue weighted by Crippen LogP contribution is 2.22. The highest BCUT2D eigenvalue weighted by Gasteiger charge is 2.25. The summed E-state index contributed by atoms with van der Waals surface area (Å²) >= 11 is 0. The molecule has 8 heteroatoms. The van der Waals surface area contributed by atoms with Crippen LogP contribution >= 0.6 is 0 Å². The Balaban J connectivity index is 2.03. The number of hydrogen-bond acceptors (Lipinski definition) is 6. The Kier molecular flexibility index (Phi) is 3.61. The molecule has 0 atom stereocenters. The minimum atomic E-state index is -4.04. The maximum Gasteiger partial charge on any atom is 0.270 e. The molecule has 1 amide bonds. The summed E-state index contributed by atoms with van der Waals surface area (Å²) in [5.41, 5.74) is 0.452. The molecule has 2 aromatic heterocycles. The number of carbonyl (C=O) groups is 1. The van der Waals surface area contributed by atoms with Gasteiger partial charge in [-0.2, -0.15) is 0 Å². The first-order chi connectivity index (χ1) is 10.9. The smallest absolute Gasteiger partial charge is 0.270 e. The molecule has 0 unspecified atom stereocenters. The first-order valence-electron chi connectivity index (χ1n) is 6.73. The zero-order chi connectivity index (χ0) is 16.6. The van der Waals surface area contributed by atoms with E-state index in [9.17, 15) is 13.2 Å². The summed E-state index contributed by atoms with van der Waals surface area (Å²) in [5, 5.41) is 4.81. The van der Waals surface area contributed by atoms with Crippen LogP contribution in [0.2, 0.25) is 0 Å². The van der Waals surface area contributed by atoms with Gasteiger partial charge >= 0.3 is 0 Å². The largest absolute Gasteiger partial charge is 0.361 e. The van der Waals surface area contributed by atoms with Gasteiger partial charge in [0.2, 0.25) is 0 Å². The number of amides is 1. The van der Waals surface area contributed by atoms with Crippen LogP contribution in [0.4, 0.5) is 0 Å². The summed E-state index contributed by atoms with van der Waals surface area (Å²) in [6.07, 6.45) is 3.06. The average molecular weight is 331 g/mol. The Bertz CT molecular complexity index is 984. The molecule has 3 rings (SSSR count). The van der Waals surface area contributed by atoms with Crippen LogP contribution in [0.25, 0.3) is 10.8 Å². The second-order valence-electron chi connectivity index (χ2n) is 4.99. The molecule has 1 N–H and O–H groups in total. The third kappa shape index (κ3) is 2.68. The number of sulfonamides is 1. The Morgan fingerprint density at radius 3 is 2.70 bits per heavy atom. The van der Waals surface area contributed by atoms with Crippen LogP contribution in [-0.4, -0.2) is 24.5 Å². The second kappa shape index (κ2) is 5.47. The van der Waals surface area contributed by atoms with Crippen molar-refractivity contribution in [1.82, 2.24) is 14.9 Å². The molecule has 23 heavy (non-hydrogen) atoms. The summed E-state index contributed by atoms with van der Waals surface area (Å²) < 4.78 is 32.1. The number of pyridine rings is 1.